The second-order valence-electron chi connectivity index (χ2n) is 4.23. The summed E-state index contributed by atoms with van der Waals surface area (Å²) in [6, 6.07) is 12.5. The summed E-state index contributed by atoms with van der Waals surface area (Å²) in [5.41, 5.74) is 8.53. The van der Waals surface area contributed by atoms with Crippen LogP contribution in [0, 0.1) is 6.92 Å². The van der Waals surface area contributed by atoms with Gasteiger partial charge in [0, 0.05) is 11.3 Å². The predicted octanol–water partition coefficient (Wildman–Crippen LogP) is 2.84. The molecule has 0 heterocycles. The summed E-state index contributed by atoms with van der Waals surface area (Å²) in [6.07, 6.45) is 0. The molecule has 0 aromatic heterocycles. The van der Waals surface area contributed by atoms with Crippen LogP contribution in [0.3, 0.4) is 0 Å². The number of methoxy groups -OCH3 is 1. The van der Waals surface area contributed by atoms with Crippen LogP contribution in [0.5, 0.6) is 5.75 Å². The maximum absolute atomic E-state index is 12.0. The van der Waals surface area contributed by atoms with E-state index in [1.54, 1.807) is 31.4 Å². The first kappa shape index (κ1) is 13.0. The molecule has 0 unspecified atom stereocenters. The highest BCUT2D eigenvalue weighted by Crippen LogP contribution is 2.28. The van der Waals surface area contributed by atoms with E-state index in [2.05, 4.69) is 5.32 Å². The number of carbonyl (C=O) groups excluding carboxylic acids is 1. The number of amides is 1. The third kappa shape index (κ3) is 2.85. The summed E-state index contributed by atoms with van der Waals surface area (Å²) in [6.45, 7) is 1.89. The lowest BCUT2D eigenvalue weighted by Crippen LogP contribution is -2.13. The van der Waals surface area contributed by atoms with Gasteiger partial charge in [-0.15, -0.1) is 0 Å². The Labute approximate surface area is 112 Å². The van der Waals surface area contributed by atoms with Gasteiger partial charge in [0.1, 0.15) is 5.75 Å². The molecule has 0 aliphatic rings. The fourth-order valence-electron chi connectivity index (χ4n) is 1.79. The zero-order valence-electron chi connectivity index (χ0n) is 10.9. The second kappa shape index (κ2) is 5.44. The summed E-state index contributed by atoms with van der Waals surface area (Å²) in [4.78, 5) is 12.0. The molecule has 0 radical (unpaired) electrons. The van der Waals surface area contributed by atoms with Crippen molar-refractivity contribution in [3.8, 4) is 5.75 Å². The molecule has 1 amide bonds. The van der Waals surface area contributed by atoms with Crippen LogP contribution in [-0.4, -0.2) is 13.0 Å². The Hall–Kier alpha value is -2.49. The minimum atomic E-state index is -0.159. The molecule has 4 heteroatoms. The molecule has 2 aromatic carbocycles. The average Bonchev–Trinajstić information content (AvgIpc) is 2.43. The smallest absolute Gasteiger partial charge is 0.255 e. The molecular formula is C15H16N2O2. The Morgan fingerprint density at radius 1 is 1.21 bits per heavy atom. The van der Waals surface area contributed by atoms with Crippen molar-refractivity contribution >= 4 is 17.3 Å². The Kier molecular flexibility index (Phi) is 3.71. The van der Waals surface area contributed by atoms with Crippen LogP contribution in [0.4, 0.5) is 11.4 Å². The third-order valence-corrected chi connectivity index (χ3v) is 2.86. The number of benzene rings is 2. The van der Waals surface area contributed by atoms with Gasteiger partial charge in [0.15, 0.2) is 0 Å². The van der Waals surface area contributed by atoms with E-state index >= 15 is 0 Å². The van der Waals surface area contributed by atoms with E-state index in [9.17, 15) is 4.79 Å². The van der Waals surface area contributed by atoms with Gasteiger partial charge in [-0.1, -0.05) is 18.2 Å². The molecule has 4 nitrogen and oxygen atoms in total. The fourth-order valence-corrected chi connectivity index (χ4v) is 1.79. The van der Waals surface area contributed by atoms with Gasteiger partial charge in [0.05, 0.1) is 12.8 Å². The molecule has 0 aliphatic heterocycles. The molecule has 3 N–H and O–H groups in total. The van der Waals surface area contributed by atoms with E-state index in [0.29, 0.717) is 22.7 Å². The number of rotatable bonds is 3. The SMILES string of the molecule is COc1cc(C)c(NC(=O)c2ccccc2)cc1N. The molecule has 0 bridgehead atoms. The highest BCUT2D eigenvalue weighted by molar-refractivity contribution is 6.04. The number of hydrogen-bond acceptors (Lipinski definition) is 3. The van der Waals surface area contributed by atoms with Gasteiger partial charge in [0.25, 0.3) is 5.91 Å². The van der Waals surface area contributed by atoms with Gasteiger partial charge >= 0.3 is 0 Å². The van der Waals surface area contributed by atoms with Crippen LogP contribution in [-0.2, 0) is 0 Å². The third-order valence-electron chi connectivity index (χ3n) is 2.86. The molecule has 0 saturated heterocycles. The van der Waals surface area contributed by atoms with Crippen LogP contribution >= 0.6 is 0 Å². The number of nitrogens with one attached hydrogen (secondary N) is 1. The number of hydrogen-bond donors (Lipinski definition) is 2. The Morgan fingerprint density at radius 2 is 1.89 bits per heavy atom. The zero-order chi connectivity index (χ0) is 13.8. The lowest BCUT2D eigenvalue weighted by Gasteiger charge is -2.12. The maximum Gasteiger partial charge on any atom is 0.255 e. The summed E-state index contributed by atoms with van der Waals surface area (Å²) >= 11 is 0. The van der Waals surface area contributed by atoms with Crippen LogP contribution in [0.2, 0.25) is 0 Å². The highest BCUT2D eigenvalue weighted by atomic mass is 16.5. The van der Waals surface area contributed by atoms with E-state index in [1.165, 1.54) is 0 Å². The van der Waals surface area contributed by atoms with E-state index in [-0.39, 0.29) is 5.91 Å². The van der Waals surface area contributed by atoms with E-state index < -0.39 is 0 Å². The van der Waals surface area contributed by atoms with Gasteiger partial charge in [-0.05, 0) is 36.8 Å². The Balaban J connectivity index is 2.25. The van der Waals surface area contributed by atoms with Crippen LogP contribution in [0.15, 0.2) is 42.5 Å². The quantitative estimate of drug-likeness (QED) is 0.830. The molecule has 2 aromatic rings. The summed E-state index contributed by atoms with van der Waals surface area (Å²) in [5, 5.41) is 2.84. The van der Waals surface area contributed by atoms with Crippen molar-refractivity contribution in [2.45, 2.75) is 6.92 Å². The molecule has 0 spiro atoms. The van der Waals surface area contributed by atoms with Crippen molar-refractivity contribution in [1.29, 1.82) is 0 Å². The lowest BCUT2D eigenvalue weighted by atomic mass is 10.1. The van der Waals surface area contributed by atoms with E-state index in [4.69, 9.17) is 10.5 Å². The summed E-state index contributed by atoms with van der Waals surface area (Å²) in [7, 11) is 1.56. The topological polar surface area (TPSA) is 64.3 Å². The monoisotopic (exact) mass is 256 g/mol. The van der Waals surface area contributed by atoms with Crippen LogP contribution < -0.4 is 15.8 Å². The van der Waals surface area contributed by atoms with Crippen molar-refractivity contribution in [2.24, 2.45) is 0 Å². The first-order valence-corrected chi connectivity index (χ1v) is 5.92. The van der Waals surface area contributed by atoms with Gasteiger partial charge in [-0.3, -0.25) is 4.79 Å². The second-order valence-corrected chi connectivity index (χ2v) is 4.23. The molecule has 0 aliphatic carbocycles. The molecule has 0 atom stereocenters. The van der Waals surface area contributed by atoms with E-state index in [0.717, 1.165) is 5.56 Å². The molecule has 98 valence electrons. The van der Waals surface area contributed by atoms with Gasteiger partial charge in [0.2, 0.25) is 0 Å². The van der Waals surface area contributed by atoms with Gasteiger partial charge in [-0.2, -0.15) is 0 Å². The average molecular weight is 256 g/mol. The lowest BCUT2D eigenvalue weighted by molar-refractivity contribution is 0.102. The first-order chi connectivity index (χ1) is 9.11. The van der Waals surface area contributed by atoms with Crippen LogP contribution in [0.25, 0.3) is 0 Å². The number of nitrogen functional groups attached to an aromatic ring is 1. The van der Waals surface area contributed by atoms with Crippen molar-refractivity contribution in [3.63, 3.8) is 0 Å². The fraction of sp³-hybridized carbons (Fsp3) is 0.133. The maximum atomic E-state index is 12.0. The number of aryl methyl sites for hydroxylation is 1. The van der Waals surface area contributed by atoms with Crippen molar-refractivity contribution < 1.29 is 9.53 Å². The number of anilines is 2. The normalized spacial score (nSPS) is 10.0. The standard InChI is InChI=1S/C15H16N2O2/c1-10-8-14(19-2)12(16)9-13(10)17-15(18)11-6-4-3-5-7-11/h3-9H,16H2,1-2H3,(H,17,18). The zero-order valence-corrected chi connectivity index (χ0v) is 10.9. The van der Waals surface area contributed by atoms with Crippen LogP contribution in [0.1, 0.15) is 15.9 Å². The van der Waals surface area contributed by atoms with Crippen molar-refractivity contribution in [3.05, 3.63) is 53.6 Å². The summed E-state index contributed by atoms with van der Waals surface area (Å²) in [5.74, 6) is 0.448. The summed E-state index contributed by atoms with van der Waals surface area (Å²) < 4.78 is 5.13. The van der Waals surface area contributed by atoms with E-state index in [1.807, 2.05) is 25.1 Å². The molecule has 2 rings (SSSR count). The van der Waals surface area contributed by atoms with Gasteiger partial charge in [-0.25, -0.2) is 0 Å². The molecule has 0 fully saturated rings. The van der Waals surface area contributed by atoms with Crippen molar-refractivity contribution in [2.75, 3.05) is 18.2 Å². The molecular weight excluding hydrogens is 240 g/mol. The molecule has 19 heavy (non-hydrogen) atoms. The first-order valence-electron chi connectivity index (χ1n) is 5.92. The number of carbonyl (C=O) groups is 1. The Bertz CT molecular complexity index is 595. The largest absolute Gasteiger partial charge is 0.495 e. The van der Waals surface area contributed by atoms with Gasteiger partial charge < -0.3 is 15.8 Å². The van der Waals surface area contributed by atoms with Crippen molar-refractivity contribution in [1.82, 2.24) is 0 Å². The predicted molar refractivity (Wildman–Crippen MR) is 76.5 cm³/mol. The number of ether oxygens (including phenoxy) is 1. The number of nitrogens with two attached hydrogens (primary N) is 1. The molecule has 0 saturated carbocycles. The minimum absolute atomic E-state index is 0.159. The Morgan fingerprint density at radius 3 is 2.53 bits per heavy atom. The minimum Gasteiger partial charge on any atom is -0.495 e. The highest BCUT2D eigenvalue weighted by Gasteiger charge is 2.10.